The van der Waals surface area contributed by atoms with E-state index in [1.807, 2.05) is 36.4 Å². The molecule has 3 atom stereocenters. The minimum absolute atomic E-state index is 0.0486. The van der Waals surface area contributed by atoms with Crippen molar-refractivity contribution in [3.8, 4) is 5.75 Å². The molecule has 4 nitrogen and oxygen atoms in total. The fraction of sp³-hybridized carbons (Fsp3) is 0.417. The monoisotopic (exact) mass is 378 g/mol. The van der Waals surface area contributed by atoms with Crippen LogP contribution in [-0.4, -0.2) is 29.9 Å². The van der Waals surface area contributed by atoms with Gasteiger partial charge in [-0.2, -0.15) is 0 Å². The molecule has 28 heavy (non-hydrogen) atoms. The topological polar surface area (TPSA) is 63.6 Å². The normalized spacial score (nSPS) is 25.1. The van der Waals surface area contributed by atoms with Gasteiger partial charge < -0.3 is 9.84 Å². The lowest BCUT2D eigenvalue weighted by Crippen LogP contribution is -2.33. The maximum atomic E-state index is 12.9. The maximum Gasteiger partial charge on any atom is 0.166 e. The second-order valence-electron chi connectivity index (χ2n) is 8.17. The Morgan fingerprint density at radius 2 is 1.89 bits per heavy atom. The number of Topliss-reactive ketones (excluding diaryl/α,β-unsaturated/α-hetero) is 2. The number of carbonyl (C=O) groups is 2. The Bertz CT molecular complexity index is 918. The molecule has 4 heteroatoms. The predicted molar refractivity (Wildman–Crippen MR) is 107 cm³/mol. The number of hydrogen-bond donors (Lipinski definition) is 1. The van der Waals surface area contributed by atoms with E-state index in [9.17, 15) is 14.7 Å². The van der Waals surface area contributed by atoms with E-state index in [1.54, 1.807) is 13.0 Å². The van der Waals surface area contributed by atoms with E-state index < -0.39 is 5.41 Å². The molecule has 2 aliphatic rings. The van der Waals surface area contributed by atoms with Gasteiger partial charge in [-0.1, -0.05) is 44.2 Å². The summed E-state index contributed by atoms with van der Waals surface area (Å²) in [6.45, 7) is 4.07. The first-order chi connectivity index (χ1) is 13.5. The average Bonchev–Trinajstić information content (AvgIpc) is 3.28. The molecule has 0 amide bonds. The molecule has 146 valence electrons. The molecule has 0 aromatic heterocycles. The molecule has 4 rings (SSSR count). The van der Waals surface area contributed by atoms with Gasteiger partial charge in [-0.05, 0) is 36.0 Å². The highest BCUT2D eigenvalue weighted by molar-refractivity contribution is 6.04. The minimum Gasteiger partial charge on any atom is -0.491 e. The molecule has 1 N–H and O–H groups in total. The first-order valence-electron chi connectivity index (χ1n) is 10.0. The van der Waals surface area contributed by atoms with Crippen LogP contribution < -0.4 is 4.74 Å². The van der Waals surface area contributed by atoms with Crippen LogP contribution in [0.3, 0.4) is 0 Å². The first kappa shape index (κ1) is 18.9. The number of aliphatic hydroxyl groups is 1. The summed E-state index contributed by atoms with van der Waals surface area (Å²) < 4.78 is 5.97. The van der Waals surface area contributed by atoms with Crippen LogP contribution in [0.25, 0.3) is 0 Å². The number of carbonyl (C=O) groups excluding carboxylic acids is 2. The summed E-state index contributed by atoms with van der Waals surface area (Å²) in [7, 11) is 0. The van der Waals surface area contributed by atoms with Gasteiger partial charge in [0, 0.05) is 24.0 Å². The zero-order chi connectivity index (χ0) is 19.9. The van der Waals surface area contributed by atoms with Gasteiger partial charge >= 0.3 is 0 Å². The van der Waals surface area contributed by atoms with Crippen molar-refractivity contribution in [3.63, 3.8) is 0 Å². The van der Waals surface area contributed by atoms with Gasteiger partial charge in [-0.3, -0.25) is 9.59 Å². The summed E-state index contributed by atoms with van der Waals surface area (Å²) in [6.07, 6.45) is 1.94. The van der Waals surface area contributed by atoms with E-state index in [-0.39, 0.29) is 24.8 Å². The van der Waals surface area contributed by atoms with Crippen molar-refractivity contribution >= 4 is 11.6 Å². The third-order valence-corrected chi connectivity index (χ3v) is 6.33. The minimum atomic E-state index is -0.761. The van der Waals surface area contributed by atoms with Gasteiger partial charge in [0.2, 0.25) is 0 Å². The number of rotatable bonds is 7. The maximum absolute atomic E-state index is 12.9. The Labute approximate surface area is 165 Å². The average molecular weight is 378 g/mol. The zero-order valence-corrected chi connectivity index (χ0v) is 16.4. The van der Waals surface area contributed by atoms with Crippen LogP contribution in [0.1, 0.15) is 65.0 Å². The first-order valence-corrected chi connectivity index (χ1v) is 10.0. The van der Waals surface area contributed by atoms with Gasteiger partial charge in [0.15, 0.2) is 11.6 Å². The van der Waals surface area contributed by atoms with E-state index in [1.165, 1.54) is 0 Å². The van der Waals surface area contributed by atoms with Crippen molar-refractivity contribution < 1.29 is 19.4 Å². The van der Waals surface area contributed by atoms with Crippen LogP contribution in [0.15, 0.2) is 42.5 Å². The standard InChI is InChI=1S/C24H26O4/c1-3-21(26)19-10-17(22(27)12-16-9-15(16)2)11-20-23(19)28-14-24(20,13-25)18-7-5-4-6-8-18/h4-8,10-11,15-16,25H,3,9,12-14H2,1-2H3/t15-,16+,24?/m0/s1. The van der Waals surface area contributed by atoms with E-state index >= 15 is 0 Å². The lowest BCUT2D eigenvalue weighted by molar-refractivity contribution is 0.0974. The van der Waals surface area contributed by atoms with Crippen LogP contribution in [0, 0.1) is 11.8 Å². The number of hydrogen-bond acceptors (Lipinski definition) is 4. The number of benzene rings is 2. The highest BCUT2D eigenvalue weighted by Gasteiger charge is 2.44. The molecular weight excluding hydrogens is 352 g/mol. The Balaban J connectivity index is 1.84. The van der Waals surface area contributed by atoms with Crippen molar-refractivity contribution in [1.82, 2.24) is 0 Å². The second kappa shape index (κ2) is 7.17. The molecule has 1 fully saturated rings. The number of ether oxygens (including phenoxy) is 1. The van der Waals surface area contributed by atoms with Crippen molar-refractivity contribution in [2.75, 3.05) is 13.2 Å². The largest absolute Gasteiger partial charge is 0.491 e. The molecule has 1 unspecified atom stereocenters. The SMILES string of the molecule is CCC(=O)c1cc(C(=O)C[C@H]2C[C@@H]2C)cc2c1OCC2(CO)c1ccccc1. The Hall–Kier alpha value is -2.46. The molecule has 1 heterocycles. The number of ketones is 2. The van der Waals surface area contributed by atoms with Crippen LogP contribution in [-0.2, 0) is 5.41 Å². The quantitative estimate of drug-likeness (QED) is 0.734. The molecule has 1 saturated carbocycles. The van der Waals surface area contributed by atoms with Crippen LogP contribution in [0.2, 0.25) is 0 Å². The fourth-order valence-electron chi connectivity index (χ4n) is 4.23. The lowest BCUT2D eigenvalue weighted by atomic mass is 9.75. The molecule has 0 spiro atoms. The Kier molecular flexibility index (Phi) is 4.84. The van der Waals surface area contributed by atoms with Gasteiger partial charge in [-0.25, -0.2) is 0 Å². The molecular formula is C24H26O4. The van der Waals surface area contributed by atoms with Gasteiger partial charge in [0.1, 0.15) is 12.4 Å². The van der Waals surface area contributed by atoms with Crippen LogP contribution in [0.5, 0.6) is 5.75 Å². The van der Waals surface area contributed by atoms with Crippen molar-refractivity contribution in [3.05, 3.63) is 64.7 Å². The molecule has 2 aromatic rings. The van der Waals surface area contributed by atoms with E-state index in [4.69, 9.17) is 4.74 Å². The smallest absolute Gasteiger partial charge is 0.166 e. The van der Waals surface area contributed by atoms with Crippen molar-refractivity contribution in [2.45, 2.75) is 38.5 Å². The summed E-state index contributed by atoms with van der Waals surface area (Å²) in [6, 6.07) is 13.2. The van der Waals surface area contributed by atoms with Gasteiger partial charge in [-0.15, -0.1) is 0 Å². The molecule has 1 aliphatic carbocycles. The highest BCUT2D eigenvalue weighted by Crippen LogP contribution is 2.47. The summed E-state index contributed by atoms with van der Waals surface area (Å²) in [5, 5.41) is 10.4. The summed E-state index contributed by atoms with van der Waals surface area (Å²) in [5.74, 6) is 1.57. The summed E-state index contributed by atoms with van der Waals surface area (Å²) >= 11 is 0. The van der Waals surface area contributed by atoms with Crippen LogP contribution in [0.4, 0.5) is 0 Å². The molecule has 0 bridgehead atoms. The van der Waals surface area contributed by atoms with Crippen molar-refractivity contribution in [2.24, 2.45) is 11.8 Å². The summed E-state index contributed by atoms with van der Waals surface area (Å²) in [4.78, 5) is 25.5. The number of aliphatic hydroxyl groups excluding tert-OH is 1. The molecule has 2 aromatic carbocycles. The zero-order valence-electron chi connectivity index (χ0n) is 16.4. The number of fused-ring (bicyclic) bond motifs is 1. The second-order valence-corrected chi connectivity index (χ2v) is 8.17. The summed E-state index contributed by atoms with van der Waals surface area (Å²) in [5.41, 5.74) is 1.91. The Morgan fingerprint density at radius 1 is 1.18 bits per heavy atom. The predicted octanol–water partition coefficient (Wildman–Crippen LogP) is 4.18. The van der Waals surface area contributed by atoms with Gasteiger partial charge in [0.05, 0.1) is 17.6 Å². The fourth-order valence-corrected chi connectivity index (χ4v) is 4.23. The molecule has 1 aliphatic heterocycles. The molecule has 0 saturated heterocycles. The van der Waals surface area contributed by atoms with E-state index in [0.717, 1.165) is 17.5 Å². The van der Waals surface area contributed by atoms with E-state index in [0.29, 0.717) is 41.6 Å². The van der Waals surface area contributed by atoms with E-state index in [2.05, 4.69) is 6.92 Å². The van der Waals surface area contributed by atoms with Crippen LogP contribution >= 0.6 is 0 Å². The Morgan fingerprint density at radius 3 is 2.50 bits per heavy atom. The highest BCUT2D eigenvalue weighted by atomic mass is 16.5. The lowest BCUT2D eigenvalue weighted by Gasteiger charge is -2.26. The third-order valence-electron chi connectivity index (χ3n) is 6.33. The van der Waals surface area contributed by atoms with Gasteiger partial charge in [0.25, 0.3) is 0 Å². The third kappa shape index (κ3) is 3.06. The molecule has 0 radical (unpaired) electrons. The van der Waals surface area contributed by atoms with Crippen molar-refractivity contribution in [1.29, 1.82) is 0 Å².